The van der Waals surface area contributed by atoms with Gasteiger partial charge in [0.25, 0.3) is 0 Å². The van der Waals surface area contributed by atoms with Crippen LogP contribution in [0, 0.1) is 11.3 Å². The fourth-order valence-corrected chi connectivity index (χ4v) is 5.53. The molecule has 5 rings (SSSR count). The van der Waals surface area contributed by atoms with Gasteiger partial charge in [-0.1, -0.05) is 35.0 Å². The maximum atomic E-state index is 6.23. The molecule has 0 atom stereocenters. The smallest absolute Gasteiger partial charge is 0.158 e. The Morgan fingerprint density at radius 3 is 2.66 bits per heavy atom. The fourth-order valence-electron chi connectivity index (χ4n) is 4.52. The standard InChI is InChI=1S/C21H25ClN6S/c22-17-15(4-8-25-18(17)23)29-20-19(24)27-16(12-26-20)28-9-6-21(7-10-28)5-3-14(11-21)13-1-2-13/h3-4,8,12-13H,1-2,5-7,9-11H2,(H2,23,25)(H2,24,27). The summed E-state index contributed by atoms with van der Waals surface area (Å²) in [4.78, 5) is 16.3. The van der Waals surface area contributed by atoms with Crippen LogP contribution < -0.4 is 16.4 Å². The van der Waals surface area contributed by atoms with E-state index in [9.17, 15) is 0 Å². The van der Waals surface area contributed by atoms with Crippen molar-refractivity contribution >= 4 is 40.8 Å². The highest BCUT2D eigenvalue weighted by Gasteiger charge is 2.41. The molecule has 4 N–H and O–H groups in total. The first kappa shape index (κ1) is 19.0. The van der Waals surface area contributed by atoms with Gasteiger partial charge >= 0.3 is 0 Å². The van der Waals surface area contributed by atoms with E-state index in [-0.39, 0.29) is 0 Å². The van der Waals surface area contributed by atoms with E-state index < -0.39 is 0 Å². The lowest BCUT2D eigenvalue weighted by atomic mass is 9.75. The van der Waals surface area contributed by atoms with E-state index in [1.54, 1.807) is 17.8 Å². The molecule has 1 aliphatic heterocycles. The molecular formula is C21H25ClN6S. The first-order valence-corrected chi connectivity index (χ1v) is 11.4. The molecule has 1 spiro atoms. The molecule has 0 radical (unpaired) electrons. The summed E-state index contributed by atoms with van der Waals surface area (Å²) in [6, 6.07) is 1.80. The Labute approximate surface area is 180 Å². The van der Waals surface area contributed by atoms with Crippen molar-refractivity contribution < 1.29 is 0 Å². The lowest BCUT2D eigenvalue weighted by Gasteiger charge is -2.40. The van der Waals surface area contributed by atoms with E-state index in [1.807, 2.05) is 6.20 Å². The van der Waals surface area contributed by atoms with Crippen molar-refractivity contribution in [2.45, 2.75) is 48.4 Å². The first-order valence-electron chi connectivity index (χ1n) is 10.2. The number of piperidine rings is 1. The van der Waals surface area contributed by atoms with Gasteiger partial charge in [-0.05, 0) is 55.9 Å². The zero-order chi connectivity index (χ0) is 20.0. The topological polar surface area (TPSA) is 94.0 Å². The van der Waals surface area contributed by atoms with Gasteiger partial charge in [0, 0.05) is 24.2 Å². The fraction of sp³-hybridized carbons (Fsp3) is 0.476. The predicted octanol–water partition coefficient (Wildman–Crippen LogP) is 4.56. The Balaban J connectivity index is 1.25. The second kappa shape index (κ2) is 7.36. The van der Waals surface area contributed by atoms with Gasteiger partial charge in [-0.2, -0.15) is 0 Å². The molecule has 0 amide bonds. The molecule has 3 heterocycles. The van der Waals surface area contributed by atoms with E-state index in [1.165, 1.54) is 50.3 Å². The Kier molecular flexibility index (Phi) is 4.82. The maximum absolute atomic E-state index is 6.23. The second-order valence-electron chi connectivity index (χ2n) is 8.45. The molecule has 2 fully saturated rings. The van der Waals surface area contributed by atoms with Gasteiger partial charge in [0.05, 0.1) is 11.2 Å². The second-order valence-corrected chi connectivity index (χ2v) is 9.86. The van der Waals surface area contributed by atoms with Crippen molar-refractivity contribution in [2.75, 3.05) is 29.5 Å². The number of nitrogens with two attached hydrogens (primary N) is 2. The monoisotopic (exact) mass is 428 g/mol. The van der Waals surface area contributed by atoms with Crippen LogP contribution in [-0.2, 0) is 0 Å². The zero-order valence-electron chi connectivity index (χ0n) is 16.3. The van der Waals surface area contributed by atoms with Crippen LogP contribution in [0.25, 0.3) is 0 Å². The molecule has 2 aromatic rings. The first-order chi connectivity index (χ1) is 14.0. The molecule has 6 nitrogen and oxygen atoms in total. The van der Waals surface area contributed by atoms with Crippen LogP contribution in [0.2, 0.25) is 5.02 Å². The molecule has 152 valence electrons. The third-order valence-corrected chi connectivity index (χ3v) is 8.04. The molecule has 8 heteroatoms. The summed E-state index contributed by atoms with van der Waals surface area (Å²) in [7, 11) is 0. The number of anilines is 3. The number of pyridine rings is 1. The van der Waals surface area contributed by atoms with E-state index in [4.69, 9.17) is 23.1 Å². The molecule has 1 saturated heterocycles. The number of halogens is 1. The van der Waals surface area contributed by atoms with Crippen LogP contribution in [0.15, 0.2) is 40.0 Å². The summed E-state index contributed by atoms with van der Waals surface area (Å²) in [6.45, 7) is 2.03. The maximum Gasteiger partial charge on any atom is 0.158 e. The summed E-state index contributed by atoms with van der Waals surface area (Å²) < 4.78 is 0. The van der Waals surface area contributed by atoms with E-state index >= 15 is 0 Å². The zero-order valence-corrected chi connectivity index (χ0v) is 17.8. The summed E-state index contributed by atoms with van der Waals surface area (Å²) in [5.41, 5.74) is 14.2. The average Bonchev–Trinajstić information content (AvgIpc) is 3.49. The van der Waals surface area contributed by atoms with Crippen molar-refractivity contribution in [1.29, 1.82) is 0 Å². The Bertz CT molecular complexity index is 966. The van der Waals surface area contributed by atoms with Crippen LogP contribution in [0.4, 0.5) is 17.5 Å². The highest BCUT2D eigenvalue weighted by atomic mass is 35.5. The molecule has 0 aromatic carbocycles. The molecule has 2 aromatic heterocycles. The van der Waals surface area contributed by atoms with Crippen LogP contribution in [0.5, 0.6) is 0 Å². The highest BCUT2D eigenvalue weighted by molar-refractivity contribution is 7.99. The number of hydrogen-bond acceptors (Lipinski definition) is 7. The number of nitrogens with zero attached hydrogens (tertiary/aromatic N) is 4. The normalized spacial score (nSPS) is 20.9. The number of rotatable bonds is 4. The number of aromatic nitrogens is 3. The quantitative estimate of drug-likeness (QED) is 0.689. The highest BCUT2D eigenvalue weighted by Crippen LogP contribution is 2.52. The van der Waals surface area contributed by atoms with Gasteiger partial charge in [-0.3, -0.25) is 0 Å². The Morgan fingerprint density at radius 1 is 1.14 bits per heavy atom. The third kappa shape index (κ3) is 3.78. The van der Waals surface area contributed by atoms with Gasteiger partial charge in [0.1, 0.15) is 16.7 Å². The number of allylic oxidation sites excluding steroid dienone is 2. The van der Waals surface area contributed by atoms with Crippen molar-refractivity contribution in [3.8, 4) is 0 Å². The summed E-state index contributed by atoms with van der Waals surface area (Å²) in [5.74, 6) is 2.48. The van der Waals surface area contributed by atoms with E-state index in [0.717, 1.165) is 29.7 Å². The molecule has 29 heavy (non-hydrogen) atoms. The van der Waals surface area contributed by atoms with Gasteiger partial charge in [0.15, 0.2) is 5.82 Å². The lowest BCUT2D eigenvalue weighted by Crippen LogP contribution is -2.39. The minimum absolute atomic E-state index is 0.299. The largest absolute Gasteiger partial charge is 0.382 e. The Hall–Kier alpha value is -1.99. The van der Waals surface area contributed by atoms with Gasteiger partial charge in [0.2, 0.25) is 0 Å². The molecule has 0 bridgehead atoms. The molecule has 3 aliphatic rings. The molecule has 1 saturated carbocycles. The van der Waals surface area contributed by atoms with Crippen LogP contribution >= 0.6 is 23.4 Å². The van der Waals surface area contributed by atoms with Crippen molar-refractivity contribution in [3.05, 3.63) is 35.1 Å². The van der Waals surface area contributed by atoms with Gasteiger partial charge in [-0.25, -0.2) is 15.0 Å². The minimum atomic E-state index is 0.299. The average molecular weight is 429 g/mol. The summed E-state index contributed by atoms with van der Waals surface area (Å²) in [6.07, 6.45) is 13.8. The van der Waals surface area contributed by atoms with Gasteiger partial charge < -0.3 is 16.4 Å². The summed E-state index contributed by atoms with van der Waals surface area (Å²) in [5, 5.41) is 1.05. The third-order valence-electron chi connectivity index (χ3n) is 6.46. The van der Waals surface area contributed by atoms with Crippen LogP contribution in [0.3, 0.4) is 0 Å². The van der Waals surface area contributed by atoms with Crippen LogP contribution in [-0.4, -0.2) is 28.0 Å². The van der Waals surface area contributed by atoms with Crippen molar-refractivity contribution in [1.82, 2.24) is 15.0 Å². The predicted molar refractivity (Wildman–Crippen MR) is 118 cm³/mol. The van der Waals surface area contributed by atoms with E-state index in [0.29, 0.717) is 27.1 Å². The number of nitrogen functional groups attached to an aromatic ring is 2. The van der Waals surface area contributed by atoms with Crippen LogP contribution in [0.1, 0.15) is 38.5 Å². The minimum Gasteiger partial charge on any atom is -0.382 e. The Morgan fingerprint density at radius 2 is 1.93 bits per heavy atom. The summed E-state index contributed by atoms with van der Waals surface area (Å²) >= 11 is 7.59. The molecular weight excluding hydrogens is 404 g/mol. The number of hydrogen-bond donors (Lipinski definition) is 2. The van der Waals surface area contributed by atoms with E-state index in [2.05, 4.69) is 25.9 Å². The van der Waals surface area contributed by atoms with Crippen molar-refractivity contribution in [3.63, 3.8) is 0 Å². The van der Waals surface area contributed by atoms with Gasteiger partial charge in [-0.15, -0.1) is 0 Å². The molecule has 0 unspecified atom stereocenters. The molecule has 2 aliphatic carbocycles. The SMILES string of the molecule is Nc1nc(N2CCC3(CC=C(C4CC4)C3)CC2)cnc1Sc1ccnc(N)c1Cl. The van der Waals surface area contributed by atoms with Crippen molar-refractivity contribution in [2.24, 2.45) is 11.3 Å². The lowest BCUT2D eigenvalue weighted by molar-refractivity contribution is 0.231.